The molecule has 2 amide bonds. The lowest BCUT2D eigenvalue weighted by molar-refractivity contribution is -0.162. The number of esters is 1. The van der Waals surface area contributed by atoms with Crippen LogP contribution in [0.3, 0.4) is 0 Å². The fourth-order valence-electron chi connectivity index (χ4n) is 2.88. The van der Waals surface area contributed by atoms with E-state index in [4.69, 9.17) is 9.47 Å². The molecule has 6 heteroatoms. The highest BCUT2D eigenvalue weighted by Gasteiger charge is 2.56. The van der Waals surface area contributed by atoms with E-state index in [1.165, 1.54) is 6.08 Å². The first-order valence-electron chi connectivity index (χ1n) is 6.69. The average molecular weight is 288 g/mol. The van der Waals surface area contributed by atoms with Crippen LogP contribution >= 0.6 is 0 Å². The lowest BCUT2D eigenvalue weighted by atomic mass is 9.80. The monoisotopic (exact) mass is 288 g/mol. The third-order valence-corrected chi connectivity index (χ3v) is 3.75. The van der Waals surface area contributed by atoms with Crippen molar-refractivity contribution in [2.75, 3.05) is 6.61 Å². The van der Waals surface area contributed by atoms with Gasteiger partial charge in [0.2, 0.25) is 0 Å². The van der Waals surface area contributed by atoms with Gasteiger partial charge >= 0.3 is 12.0 Å². The van der Waals surface area contributed by atoms with Crippen molar-refractivity contribution < 1.29 is 19.1 Å². The summed E-state index contributed by atoms with van der Waals surface area (Å²) in [5.74, 6) is -0.472. The van der Waals surface area contributed by atoms with Crippen LogP contribution < -0.4 is 15.4 Å². The van der Waals surface area contributed by atoms with Crippen molar-refractivity contribution in [3.05, 3.63) is 42.5 Å². The van der Waals surface area contributed by atoms with Crippen molar-refractivity contribution in [2.24, 2.45) is 5.92 Å². The van der Waals surface area contributed by atoms with Gasteiger partial charge in [-0.1, -0.05) is 30.9 Å². The lowest BCUT2D eigenvalue weighted by Crippen LogP contribution is -2.70. The number of amides is 2. The highest BCUT2D eigenvalue weighted by atomic mass is 16.5. The molecule has 2 aliphatic rings. The Bertz CT molecular complexity index is 615. The van der Waals surface area contributed by atoms with Gasteiger partial charge in [-0.25, -0.2) is 4.79 Å². The number of ether oxygens (including phenoxy) is 2. The molecule has 0 saturated carbocycles. The first kappa shape index (κ1) is 13.5. The second-order valence-electron chi connectivity index (χ2n) is 5.22. The van der Waals surface area contributed by atoms with E-state index in [2.05, 4.69) is 17.2 Å². The Morgan fingerprint density at radius 1 is 1.52 bits per heavy atom. The highest BCUT2D eigenvalue weighted by Crippen LogP contribution is 2.44. The number of benzene rings is 1. The van der Waals surface area contributed by atoms with Gasteiger partial charge in [-0.15, -0.1) is 0 Å². The van der Waals surface area contributed by atoms with Crippen LogP contribution in [0.25, 0.3) is 0 Å². The van der Waals surface area contributed by atoms with Crippen molar-refractivity contribution in [1.29, 1.82) is 0 Å². The summed E-state index contributed by atoms with van der Waals surface area (Å²) in [6, 6.07) is 6.47. The first-order chi connectivity index (χ1) is 10.0. The second-order valence-corrected chi connectivity index (χ2v) is 5.22. The molecule has 2 aliphatic heterocycles. The largest absolute Gasteiger partial charge is 0.467 e. The van der Waals surface area contributed by atoms with Gasteiger partial charge in [0.1, 0.15) is 18.3 Å². The van der Waals surface area contributed by atoms with Gasteiger partial charge in [0.15, 0.2) is 5.72 Å². The van der Waals surface area contributed by atoms with Gasteiger partial charge in [-0.3, -0.25) is 10.1 Å². The molecule has 3 atom stereocenters. The number of urea groups is 1. The van der Waals surface area contributed by atoms with E-state index in [1.807, 2.05) is 24.3 Å². The molecular formula is C15H16N2O4. The van der Waals surface area contributed by atoms with Crippen LogP contribution in [0.1, 0.15) is 18.5 Å². The normalized spacial score (nSPS) is 29.3. The Morgan fingerprint density at radius 2 is 2.29 bits per heavy atom. The average Bonchev–Trinajstić information content (AvgIpc) is 2.43. The molecule has 0 spiro atoms. The van der Waals surface area contributed by atoms with Gasteiger partial charge in [0, 0.05) is 5.56 Å². The molecule has 0 aromatic heterocycles. The molecule has 1 fully saturated rings. The molecule has 1 saturated heterocycles. The lowest BCUT2D eigenvalue weighted by Gasteiger charge is -2.48. The fraction of sp³-hybridized carbons (Fsp3) is 0.333. The highest BCUT2D eigenvalue weighted by molar-refractivity contribution is 5.84. The van der Waals surface area contributed by atoms with Crippen molar-refractivity contribution in [3.8, 4) is 5.75 Å². The molecule has 110 valence electrons. The summed E-state index contributed by atoms with van der Waals surface area (Å²) in [5.41, 5.74) is -0.370. The standard InChI is InChI=1S/C15H16N2O4/c1-3-8-20-13(18)11-12-9-6-4-5-7-10(9)21-15(11,2)17-14(19)16-12/h3-7,11-12H,1,8H2,2H3,(H2,16,17,19)/t11-,12-,15-/m0/s1. The van der Waals surface area contributed by atoms with E-state index in [0.717, 1.165) is 5.56 Å². The van der Waals surface area contributed by atoms with Crippen LogP contribution in [0.4, 0.5) is 4.79 Å². The van der Waals surface area contributed by atoms with E-state index in [0.29, 0.717) is 5.75 Å². The minimum absolute atomic E-state index is 0.119. The summed E-state index contributed by atoms with van der Waals surface area (Å²) in [4.78, 5) is 24.2. The maximum Gasteiger partial charge on any atom is 0.318 e. The molecular weight excluding hydrogens is 272 g/mol. The maximum absolute atomic E-state index is 12.4. The first-order valence-corrected chi connectivity index (χ1v) is 6.69. The quantitative estimate of drug-likeness (QED) is 0.652. The number of fused-ring (bicyclic) bond motifs is 4. The molecule has 2 N–H and O–H groups in total. The summed E-state index contributed by atoms with van der Waals surface area (Å²) in [7, 11) is 0. The number of nitrogens with one attached hydrogen (secondary N) is 2. The molecule has 0 unspecified atom stereocenters. The Morgan fingerprint density at radius 3 is 3.05 bits per heavy atom. The summed E-state index contributed by atoms with van der Waals surface area (Å²) in [6.45, 7) is 5.32. The van der Waals surface area contributed by atoms with E-state index < -0.39 is 23.7 Å². The van der Waals surface area contributed by atoms with Crippen LogP contribution in [0.5, 0.6) is 5.75 Å². The Labute approximate surface area is 122 Å². The molecule has 0 radical (unpaired) electrons. The molecule has 3 rings (SSSR count). The van der Waals surface area contributed by atoms with Crippen molar-refractivity contribution in [2.45, 2.75) is 18.7 Å². The van der Waals surface area contributed by atoms with Crippen LogP contribution in [0.2, 0.25) is 0 Å². The van der Waals surface area contributed by atoms with Crippen molar-refractivity contribution in [1.82, 2.24) is 10.6 Å². The maximum atomic E-state index is 12.4. The number of carbonyl (C=O) groups is 2. The number of hydrogen-bond acceptors (Lipinski definition) is 4. The molecule has 0 aliphatic carbocycles. The topological polar surface area (TPSA) is 76.7 Å². The molecule has 2 bridgehead atoms. The Hall–Kier alpha value is -2.50. The van der Waals surface area contributed by atoms with Crippen molar-refractivity contribution >= 4 is 12.0 Å². The number of para-hydroxylation sites is 1. The fourth-order valence-corrected chi connectivity index (χ4v) is 2.88. The summed E-state index contributed by atoms with van der Waals surface area (Å²) < 4.78 is 11.0. The van der Waals surface area contributed by atoms with Crippen LogP contribution in [0.15, 0.2) is 36.9 Å². The van der Waals surface area contributed by atoms with Crippen LogP contribution in [0, 0.1) is 5.92 Å². The Balaban J connectivity index is 2.03. The number of rotatable bonds is 3. The zero-order chi connectivity index (χ0) is 15.0. The van der Waals surface area contributed by atoms with Crippen molar-refractivity contribution in [3.63, 3.8) is 0 Å². The minimum atomic E-state index is -1.14. The summed E-state index contributed by atoms with van der Waals surface area (Å²) >= 11 is 0. The molecule has 21 heavy (non-hydrogen) atoms. The predicted molar refractivity (Wildman–Crippen MR) is 74.5 cm³/mol. The third kappa shape index (κ3) is 2.12. The predicted octanol–water partition coefficient (Wildman–Crippen LogP) is 1.49. The molecule has 1 aromatic carbocycles. The van der Waals surface area contributed by atoms with Crippen LogP contribution in [-0.2, 0) is 9.53 Å². The summed E-state index contributed by atoms with van der Waals surface area (Å²) in [5, 5.41) is 5.45. The van der Waals surface area contributed by atoms with E-state index in [9.17, 15) is 9.59 Å². The molecule has 6 nitrogen and oxygen atoms in total. The van der Waals surface area contributed by atoms with E-state index in [1.54, 1.807) is 6.92 Å². The van der Waals surface area contributed by atoms with Gasteiger partial charge in [0.25, 0.3) is 0 Å². The van der Waals surface area contributed by atoms with E-state index >= 15 is 0 Å². The number of carbonyl (C=O) groups excluding carboxylic acids is 2. The van der Waals surface area contributed by atoms with Gasteiger partial charge in [-0.05, 0) is 13.0 Å². The van der Waals surface area contributed by atoms with E-state index in [-0.39, 0.29) is 12.6 Å². The van der Waals surface area contributed by atoms with Gasteiger partial charge in [0.05, 0.1) is 6.04 Å². The number of hydrogen-bond donors (Lipinski definition) is 2. The third-order valence-electron chi connectivity index (χ3n) is 3.75. The van der Waals surface area contributed by atoms with Gasteiger partial charge < -0.3 is 14.8 Å². The Kier molecular flexibility index (Phi) is 3.08. The smallest absolute Gasteiger partial charge is 0.318 e. The summed E-state index contributed by atoms with van der Waals surface area (Å²) in [6.07, 6.45) is 1.50. The SMILES string of the molecule is C=CCOC(=O)[C@@H]1[C@H]2NC(=O)N[C@@]1(C)Oc1ccccc12. The zero-order valence-corrected chi connectivity index (χ0v) is 11.6. The zero-order valence-electron chi connectivity index (χ0n) is 11.6. The minimum Gasteiger partial charge on any atom is -0.467 e. The van der Waals surface area contributed by atoms with Crippen LogP contribution in [-0.4, -0.2) is 24.3 Å². The molecule has 1 aromatic rings. The molecule has 2 heterocycles. The second kappa shape index (κ2) is 4.80. The van der Waals surface area contributed by atoms with Gasteiger partial charge in [-0.2, -0.15) is 0 Å².